The highest BCUT2D eigenvalue weighted by molar-refractivity contribution is 5.89. The van der Waals surface area contributed by atoms with Gasteiger partial charge in [0.15, 0.2) is 0 Å². The van der Waals surface area contributed by atoms with Crippen molar-refractivity contribution in [1.29, 1.82) is 0 Å². The van der Waals surface area contributed by atoms with E-state index in [0.717, 1.165) is 28.6 Å². The van der Waals surface area contributed by atoms with Crippen LogP contribution in [-0.4, -0.2) is 48.5 Å². The van der Waals surface area contributed by atoms with Crippen LogP contribution in [0.3, 0.4) is 0 Å². The third kappa shape index (κ3) is 3.36. The van der Waals surface area contributed by atoms with E-state index in [1.807, 2.05) is 35.0 Å². The molecule has 1 aliphatic rings. The molecule has 3 aromatic rings. The molecule has 0 bridgehead atoms. The van der Waals surface area contributed by atoms with E-state index in [0.29, 0.717) is 31.7 Å². The molecule has 0 fully saturated rings. The maximum atomic E-state index is 13.0. The minimum Gasteiger partial charge on any atom is -0.393 e. The van der Waals surface area contributed by atoms with Gasteiger partial charge in [-0.2, -0.15) is 5.10 Å². The molecular formula is C20H24N4O3. The quantitative estimate of drug-likeness (QED) is 0.729. The molecule has 2 N–H and O–H groups in total. The number of aliphatic hydroxyl groups is 2. The van der Waals surface area contributed by atoms with Crippen molar-refractivity contribution < 1.29 is 15.0 Å². The number of hydrogen-bond acceptors (Lipinski definition) is 4. The fraction of sp³-hybridized carbons (Fsp3) is 0.400. The molecule has 1 amide bonds. The molecule has 142 valence electrons. The summed E-state index contributed by atoms with van der Waals surface area (Å²) in [7, 11) is 1.99. The van der Waals surface area contributed by atoms with Gasteiger partial charge in [0.1, 0.15) is 6.10 Å². The molecule has 1 aromatic carbocycles. The van der Waals surface area contributed by atoms with Gasteiger partial charge in [-0.1, -0.05) is 18.2 Å². The van der Waals surface area contributed by atoms with Crippen molar-refractivity contribution in [3.05, 3.63) is 53.5 Å². The topological polar surface area (TPSA) is 83.5 Å². The maximum absolute atomic E-state index is 13.0. The minimum atomic E-state index is -0.982. The molecule has 0 saturated carbocycles. The standard InChI is InChI=1S/C20H24N4O3/c1-22-11-14(16-5-2-3-6-18(16)22)9-20(27)23-7-4-8-24-15(12-23)10-17(21-24)19(26)13-25/h2-3,5-6,10-11,19,25-26H,4,7-9,12-13H2,1H3/t19-/m1/s1. The number of carbonyl (C=O) groups excluding carboxylic acids is 1. The number of hydrogen-bond donors (Lipinski definition) is 2. The first kappa shape index (κ1) is 17.8. The van der Waals surface area contributed by atoms with Crippen LogP contribution in [0.5, 0.6) is 0 Å². The van der Waals surface area contributed by atoms with Gasteiger partial charge in [0, 0.05) is 37.2 Å². The van der Waals surface area contributed by atoms with Gasteiger partial charge < -0.3 is 19.7 Å². The average Bonchev–Trinajstić information content (AvgIpc) is 3.15. The van der Waals surface area contributed by atoms with E-state index < -0.39 is 6.10 Å². The zero-order valence-electron chi connectivity index (χ0n) is 15.4. The highest BCUT2D eigenvalue weighted by Crippen LogP contribution is 2.23. The SMILES string of the molecule is Cn1cc(CC(=O)N2CCCn3nc([C@H](O)CO)cc3C2)c2ccccc21. The van der Waals surface area contributed by atoms with Gasteiger partial charge in [0.05, 0.1) is 31.0 Å². The first-order valence-corrected chi connectivity index (χ1v) is 9.23. The summed E-state index contributed by atoms with van der Waals surface area (Å²) in [6.45, 7) is 1.49. The van der Waals surface area contributed by atoms with E-state index in [2.05, 4.69) is 21.8 Å². The number of fused-ring (bicyclic) bond motifs is 2. The molecule has 1 aliphatic heterocycles. The molecule has 4 rings (SSSR count). The normalized spacial score (nSPS) is 15.6. The zero-order valence-corrected chi connectivity index (χ0v) is 15.4. The molecule has 7 heteroatoms. The zero-order chi connectivity index (χ0) is 19.0. The van der Waals surface area contributed by atoms with Gasteiger partial charge in [-0.15, -0.1) is 0 Å². The maximum Gasteiger partial charge on any atom is 0.227 e. The van der Waals surface area contributed by atoms with Gasteiger partial charge >= 0.3 is 0 Å². The molecule has 0 aliphatic carbocycles. The highest BCUT2D eigenvalue weighted by atomic mass is 16.3. The Labute approximate surface area is 157 Å². The lowest BCUT2D eigenvalue weighted by molar-refractivity contribution is -0.131. The summed E-state index contributed by atoms with van der Waals surface area (Å²) >= 11 is 0. The summed E-state index contributed by atoms with van der Waals surface area (Å²) in [4.78, 5) is 14.8. The minimum absolute atomic E-state index is 0.0882. The fourth-order valence-electron chi connectivity index (χ4n) is 3.79. The van der Waals surface area contributed by atoms with Crippen LogP contribution in [0.1, 0.15) is 29.5 Å². The summed E-state index contributed by atoms with van der Waals surface area (Å²) in [5, 5.41) is 24.4. The van der Waals surface area contributed by atoms with Crippen LogP contribution in [-0.2, 0) is 31.4 Å². The summed E-state index contributed by atoms with van der Waals surface area (Å²) < 4.78 is 3.89. The van der Waals surface area contributed by atoms with Crippen LogP contribution in [0.4, 0.5) is 0 Å². The molecule has 27 heavy (non-hydrogen) atoms. The molecule has 0 radical (unpaired) electrons. The predicted molar refractivity (Wildman–Crippen MR) is 101 cm³/mol. The lowest BCUT2D eigenvalue weighted by atomic mass is 10.1. The van der Waals surface area contributed by atoms with Gasteiger partial charge in [-0.05, 0) is 24.1 Å². The molecule has 3 heterocycles. The lowest BCUT2D eigenvalue weighted by Crippen LogP contribution is -2.32. The number of amides is 1. The van der Waals surface area contributed by atoms with Crippen molar-refractivity contribution in [2.75, 3.05) is 13.2 Å². The van der Waals surface area contributed by atoms with E-state index in [4.69, 9.17) is 5.11 Å². The molecule has 7 nitrogen and oxygen atoms in total. The largest absolute Gasteiger partial charge is 0.393 e. The van der Waals surface area contributed by atoms with Crippen molar-refractivity contribution >= 4 is 16.8 Å². The van der Waals surface area contributed by atoms with E-state index in [1.54, 1.807) is 6.07 Å². The first-order chi connectivity index (χ1) is 13.1. The van der Waals surface area contributed by atoms with Crippen LogP contribution < -0.4 is 0 Å². The third-order valence-corrected chi connectivity index (χ3v) is 5.22. The van der Waals surface area contributed by atoms with Gasteiger partial charge in [-0.25, -0.2) is 0 Å². The second-order valence-electron chi connectivity index (χ2n) is 7.11. The van der Waals surface area contributed by atoms with Crippen LogP contribution in [0.2, 0.25) is 0 Å². The van der Waals surface area contributed by atoms with Crippen LogP contribution >= 0.6 is 0 Å². The van der Waals surface area contributed by atoms with Gasteiger partial charge in [0.25, 0.3) is 0 Å². The number of aromatic nitrogens is 3. The Morgan fingerprint density at radius 1 is 1.30 bits per heavy atom. The van der Waals surface area contributed by atoms with Crippen molar-refractivity contribution in [2.45, 2.75) is 32.0 Å². The molecule has 1 atom stereocenters. The molecule has 2 aromatic heterocycles. The molecule has 0 spiro atoms. The third-order valence-electron chi connectivity index (χ3n) is 5.22. The monoisotopic (exact) mass is 368 g/mol. The highest BCUT2D eigenvalue weighted by Gasteiger charge is 2.23. The number of rotatable bonds is 4. The summed E-state index contributed by atoms with van der Waals surface area (Å²) in [5.74, 6) is 0.0882. The number of benzene rings is 1. The smallest absolute Gasteiger partial charge is 0.227 e. The predicted octanol–water partition coefficient (Wildman–Crippen LogP) is 1.38. The van der Waals surface area contributed by atoms with E-state index in [9.17, 15) is 9.90 Å². The Hall–Kier alpha value is -2.64. The molecule has 0 unspecified atom stereocenters. The number of carbonyl (C=O) groups is 1. The van der Waals surface area contributed by atoms with Crippen molar-refractivity contribution in [2.24, 2.45) is 7.05 Å². The molecular weight excluding hydrogens is 344 g/mol. The Morgan fingerprint density at radius 3 is 2.93 bits per heavy atom. The first-order valence-electron chi connectivity index (χ1n) is 9.23. The number of para-hydroxylation sites is 1. The summed E-state index contributed by atoms with van der Waals surface area (Å²) in [6, 6.07) is 9.89. The van der Waals surface area contributed by atoms with Crippen LogP contribution in [0.15, 0.2) is 36.5 Å². The van der Waals surface area contributed by atoms with E-state index in [-0.39, 0.29) is 12.5 Å². The van der Waals surface area contributed by atoms with Crippen molar-refractivity contribution in [3.8, 4) is 0 Å². The van der Waals surface area contributed by atoms with Crippen molar-refractivity contribution in [3.63, 3.8) is 0 Å². The Balaban J connectivity index is 1.54. The van der Waals surface area contributed by atoms with E-state index in [1.165, 1.54) is 0 Å². The van der Waals surface area contributed by atoms with E-state index >= 15 is 0 Å². The van der Waals surface area contributed by atoms with Crippen molar-refractivity contribution in [1.82, 2.24) is 19.2 Å². The molecule has 0 saturated heterocycles. The Kier molecular flexibility index (Phi) is 4.72. The van der Waals surface area contributed by atoms with Crippen LogP contribution in [0.25, 0.3) is 10.9 Å². The Morgan fingerprint density at radius 2 is 2.11 bits per heavy atom. The lowest BCUT2D eigenvalue weighted by Gasteiger charge is -2.20. The van der Waals surface area contributed by atoms with Crippen LogP contribution in [0, 0.1) is 0 Å². The number of nitrogens with zero attached hydrogens (tertiary/aromatic N) is 4. The number of aliphatic hydroxyl groups excluding tert-OH is 2. The second-order valence-corrected chi connectivity index (χ2v) is 7.11. The fourth-order valence-corrected chi connectivity index (χ4v) is 3.79. The number of aryl methyl sites for hydroxylation is 2. The summed E-state index contributed by atoms with van der Waals surface area (Å²) in [6.07, 6.45) is 2.22. The summed E-state index contributed by atoms with van der Waals surface area (Å²) in [5.41, 5.74) is 3.50. The van der Waals surface area contributed by atoms with Gasteiger partial charge in [0.2, 0.25) is 5.91 Å². The Bertz CT molecular complexity index is 975. The average molecular weight is 368 g/mol. The second kappa shape index (κ2) is 7.17. The van der Waals surface area contributed by atoms with Gasteiger partial charge in [-0.3, -0.25) is 9.48 Å².